The molecule has 0 bridgehead atoms. The van der Waals surface area contributed by atoms with Crippen LogP contribution in [0.5, 0.6) is 0 Å². The number of benzene rings is 2. The monoisotopic (exact) mass is 518 g/mol. The van der Waals surface area contributed by atoms with Crippen LogP contribution in [0.1, 0.15) is 44.1 Å². The van der Waals surface area contributed by atoms with Crippen LogP contribution in [0, 0.1) is 5.92 Å². The van der Waals surface area contributed by atoms with Gasteiger partial charge in [0, 0.05) is 30.5 Å². The molecule has 2 aliphatic rings. The Hall–Kier alpha value is -3.85. The van der Waals surface area contributed by atoms with Crippen molar-refractivity contribution in [3.8, 4) is 0 Å². The lowest BCUT2D eigenvalue weighted by molar-refractivity contribution is -0.120. The van der Waals surface area contributed by atoms with E-state index >= 15 is 0 Å². The molecule has 1 heterocycles. The number of primary amides is 1. The second-order valence-corrected chi connectivity index (χ2v) is 10.0. The average Bonchev–Trinajstić information content (AvgIpc) is 2.93. The van der Waals surface area contributed by atoms with E-state index in [-0.39, 0.29) is 12.1 Å². The van der Waals surface area contributed by atoms with Gasteiger partial charge in [0.2, 0.25) is 11.8 Å². The highest BCUT2D eigenvalue weighted by atomic mass is 16.2. The van der Waals surface area contributed by atoms with E-state index in [4.69, 9.17) is 5.73 Å². The molecule has 9 heteroatoms. The Morgan fingerprint density at radius 1 is 1.03 bits per heavy atom. The number of nitrogens with two attached hydrogens (primary N) is 1. The summed E-state index contributed by atoms with van der Waals surface area (Å²) in [6.07, 6.45) is 9.46. The highest BCUT2D eigenvalue weighted by Crippen LogP contribution is 2.27. The molecule has 2 aromatic carbocycles. The van der Waals surface area contributed by atoms with Gasteiger partial charge < -0.3 is 26.6 Å². The predicted octanol–water partition coefficient (Wildman–Crippen LogP) is 3.20. The van der Waals surface area contributed by atoms with Gasteiger partial charge in [-0.1, -0.05) is 62.4 Å². The van der Waals surface area contributed by atoms with Crippen LogP contribution in [0.3, 0.4) is 0 Å². The zero-order valence-electron chi connectivity index (χ0n) is 21.7. The molecule has 1 aliphatic heterocycles. The third-order valence-corrected chi connectivity index (χ3v) is 7.15. The molecule has 202 valence electrons. The number of rotatable bonds is 9. The molecular formula is C29H38N6O3. The van der Waals surface area contributed by atoms with Crippen molar-refractivity contribution in [1.82, 2.24) is 16.0 Å². The summed E-state index contributed by atoms with van der Waals surface area (Å²) in [6.45, 7) is 2.13. The largest absolute Gasteiger partial charge is 0.368 e. The number of carbonyl (C=O) groups is 3. The summed E-state index contributed by atoms with van der Waals surface area (Å²) in [5.41, 5.74) is 8.14. The number of nitrogens with one attached hydrogen (secondary N) is 4. The van der Waals surface area contributed by atoms with E-state index in [1.165, 1.54) is 19.3 Å². The number of hydrogen-bond acceptors (Lipinski definition) is 5. The van der Waals surface area contributed by atoms with Crippen molar-refractivity contribution in [3.05, 3.63) is 66.2 Å². The van der Waals surface area contributed by atoms with Crippen molar-refractivity contribution in [2.24, 2.45) is 11.7 Å². The van der Waals surface area contributed by atoms with Crippen LogP contribution in [-0.2, 0) is 9.59 Å². The fraction of sp³-hybridized carbons (Fsp3) is 0.414. The van der Waals surface area contributed by atoms with Crippen LogP contribution in [-0.4, -0.2) is 49.7 Å². The minimum absolute atomic E-state index is 0.156. The molecular weight excluding hydrogens is 480 g/mol. The second-order valence-electron chi connectivity index (χ2n) is 10.0. The van der Waals surface area contributed by atoms with Crippen molar-refractivity contribution in [1.29, 1.82) is 0 Å². The van der Waals surface area contributed by atoms with Gasteiger partial charge in [-0.15, -0.1) is 0 Å². The molecule has 2 aromatic rings. The number of piperazine rings is 1. The van der Waals surface area contributed by atoms with Crippen LogP contribution < -0.4 is 31.9 Å². The molecule has 2 unspecified atom stereocenters. The van der Waals surface area contributed by atoms with E-state index < -0.39 is 18.0 Å². The number of nitrogens with zero attached hydrogens (tertiary/aromatic N) is 1. The predicted molar refractivity (Wildman–Crippen MR) is 150 cm³/mol. The lowest BCUT2D eigenvalue weighted by Crippen LogP contribution is -2.58. The van der Waals surface area contributed by atoms with Crippen LogP contribution in [0.2, 0.25) is 0 Å². The van der Waals surface area contributed by atoms with Crippen molar-refractivity contribution in [2.45, 2.75) is 50.7 Å². The van der Waals surface area contributed by atoms with E-state index in [2.05, 4.69) is 26.2 Å². The third-order valence-electron chi connectivity index (χ3n) is 7.15. The summed E-state index contributed by atoms with van der Waals surface area (Å²) in [5.74, 6) is -0.234. The quantitative estimate of drug-likeness (QED) is 0.326. The fourth-order valence-electron chi connectivity index (χ4n) is 5.12. The summed E-state index contributed by atoms with van der Waals surface area (Å²) in [7, 11) is 0. The van der Waals surface area contributed by atoms with Gasteiger partial charge in [0.25, 0.3) is 0 Å². The summed E-state index contributed by atoms with van der Waals surface area (Å²) in [5, 5.41) is 11.9. The standard InChI is InChI=1S/C29H38N6O3/c30-28(37)25(19-22-9-5-2-6-10-22)33-29(38)32-23-12-14-24(15-13-23)35-18-17-31-26(20-35)34-27(36)16-11-21-7-3-1-4-8-21/h1,3-4,7-8,11-16,22,25-26,31H,2,5-6,9-10,17-20H2,(H2,30,37)(H,34,36)(H2,32,33,38)/b16-11+. The molecule has 1 saturated heterocycles. The number of anilines is 2. The van der Waals surface area contributed by atoms with Crippen molar-refractivity contribution in [2.75, 3.05) is 29.9 Å². The maximum absolute atomic E-state index is 12.6. The SMILES string of the molecule is NC(=O)C(CC1CCCCC1)NC(=O)Nc1ccc(N2CCNC(NC(=O)/C=C/c3ccccc3)C2)cc1. The van der Waals surface area contributed by atoms with Gasteiger partial charge in [0.05, 0.1) is 12.7 Å². The third kappa shape index (κ3) is 8.34. The highest BCUT2D eigenvalue weighted by Gasteiger charge is 2.24. The first-order chi connectivity index (χ1) is 18.5. The molecule has 4 amide bonds. The second kappa shape index (κ2) is 13.6. The molecule has 38 heavy (non-hydrogen) atoms. The number of urea groups is 1. The Bertz CT molecular complexity index is 1100. The molecule has 0 radical (unpaired) electrons. The smallest absolute Gasteiger partial charge is 0.319 e. The summed E-state index contributed by atoms with van der Waals surface area (Å²) in [4.78, 5) is 39.0. The first-order valence-electron chi connectivity index (χ1n) is 13.4. The maximum atomic E-state index is 12.6. The van der Waals surface area contributed by atoms with E-state index in [1.54, 1.807) is 12.2 Å². The Balaban J connectivity index is 1.25. The van der Waals surface area contributed by atoms with Gasteiger partial charge in [0.1, 0.15) is 6.04 Å². The van der Waals surface area contributed by atoms with E-state index in [1.807, 2.05) is 54.6 Å². The molecule has 2 fully saturated rings. The van der Waals surface area contributed by atoms with Crippen LogP contribution in [0.25, 0.3) is 6.08 Å². The average molecular weight is 519 g/mol. The molecule has 2 atom stereocenters. The van der Waals surface area contributed by atoms with Gasteiger partial charge in [-0.25, -0.2) is 4.79 Å². The van der Waals surface area contributed by atoms with Crippen molar-refractivity contribution >= 4 is 35.3 Å². The van der Waals surface area contributed by atoms with Crippen molar-refractivity contribution in [3.63, 3.8) is 0 Å². The first-order valence-corrected chi connectivity index (χ1v) is 13.4. The lowest BCUT2D eigenvalue weighted by atomic mass is 9.84. The van der Waals surface area contributed by atoms with E-state index in [0.29, 0.717) is 24.6 Å². The molecule has 9 nitrogen and oxygen atoms in total. The lowest BCUT2D eigenvalue weighted by Gasteiger charge is -2.35. The van der Waals surface area contributed by atoms with Crippen molar-refractivity contribution < 1.29 is 14.4 Å². The minimum atomic E-state index is -0.673. The normalized spacial score (nSPS) is 19.1. The number of carbonyl (C=O) groups excluding carboxylic acids is 3. The molecule has 1 saturated carbocycles. The van der Waals surface area contributed by atoms with Gasteiger partial charge in [-0.3, -0.25) is 14.9 Å². The van der Waals surface area contributed by atoms with Gasteiger partial charge in [0.15, 0.2) is 0 Å². The Morgan fingerprint density at radius 3 is 2.47 bits per heavy atom. The maximum Gasteiger partial charge on any atom is 0.319 e. The molecule has 4 rings (SSSR count). The van der Waals surface area contributed by atoms with Crippen LogP contribution in [0.15, 0.2) is 60.7 Å². The summed E-state index contributed by atoms with van der Waals surface area (Å²) >= 11 is 0. The number of hydrogen-bond donors (Lipinski definition) is 5. The fourth-order valence-corrected chi connectivity index (χ4v) is 5.12. The van der Waals surface area contributed by atoms with Gasteiger partial charge >= 0.3 is 6.03 Å². The Labute approximate surface area is 224 Å². The zero-order valence-corrected chi connectivity index (χ0v) is 21.7. The van der Waals surface area contributed by atoms with E-state index in [9.17, 15) is 14.4 Å². The van der Waals surface area contributed by atoms with Gasteiger partial charge in [-0.2, -0.15) is 0 Å². The topological polar surface area (TPSA) is 129 Å². The number of amides is 4. The summed E-state index contributed by atoms with van der Waals surface area (Å²) < 4.78 is 0. The Morgan fingerprint density at radius 2 is 1.76 bits per heavy atom. The van der Waals surface area contributed by atoms with Crippen LogP contribution in [0.4, 0.5) is 16.2 Å². The first kappa shape index (κ1) is 27.2. The van der Waals surface area contributed by atoms with E-state index in [0.717, 1.165) is 37.2 Å². The Kier molecular flexibility index (Phi) is 9.75. The molecule has 1 aliphatic carbocycles. The molecule has 6 N–H and O–H groups in total. The summed E-state index contributed by atoms with van der Waals surface area (Å²) in [6, 6.07) is 16.1. The van der Waals surface area contributed by atoms with Crippen LogP contribution >= 0.6 is 0 Å². The molecule has 0 spiro atoms. The van der Waals surface area contributed by atoms with Gasteiger partial charge in [-0.05, 0) is 48.2 Å². The zero-order chi connectivity index (χ0) is 26.7. The molecule has 0 aromatic heterocycles. The minimum Gasteiger partial charge on any atom is -0.368 e. The highest BCUT2D eigenvalue weighted by molar-refractivity contribution is 5.93.